The number of benzene rings is 1. The van der Waals surface area contributed by atoms with Crippen molar-refractivity contribution in [2.45, 2.75) is 42.9 Å². The quantitative estimate of drug-likeness (QED) is 0.770. The van der Waals surface area contributed by atoms with Gasteiger partial charge in [-0.05, 0) is 36.5 Å². The van der Waals surface area contributed by atoms with Crippen LogP contribution < -0.4 is 0 Å². The van der Waals surface area contributed by atoms with Gasteiger partial charge in [0.15, 0.2) is 0 Å². The maximum Gasteiger partial charge on any atom is 0.261 e. The standard InChI is InChI=1S/C12H14ClFO2S/c13-17(15,16)10-6-7-11(12(14)8-10)9-4-2-1-3-5-9/h6-9H,1-5H2. The molecule has 1 aromatic rings. The molecule has 2 nitrogen and oxygen atoms in total. The van der Waals surface area contributed by atoms with Crippen LogP contribution in [0.5, 0.6) is 0 Å². The Hall–Kier alpha value is -0.610. The van der Waals surface area contributed by atoms with E-state index in [1.54, 1.807) is 6.07 Å². The van der Waals surface area contributed by atoms with Crippen molar-refractivity contribution in [1.29, 1.82) is 0 Å². The van der Waals surface area contributed by atoms with Crippen LogP contribution >= 0.6 is 10.7 Å². The van der Waals surface area contributed by atoms with Crippen LogP contribution in [0.2, 0.25) is 0 Å². The molecule has 0 atom stereocenters. The molecule has 1 saturated carbocycles. The Kier molecular flexibility index (Phi) is 3.73. The predicted octanol–water partition coefficient (Wildman–Crippen LogP) is 3.80. The normalized spacial score (nSPS) is 18.2. The Morgan fingerprint density at radius 3 is 2.35 bits per heavy atom. The van der Waals surface area contributed by atoms with E-state index in [4.69, 9.17) is 10.7 Å². The minimum Gasteiger partial charge on any atom is -0.207 e. The van der Waals surface area contributed by atoms with Crippen molar-refractivity contribution >= 4 is 19.7 Å². The molecule has 0 amide bonds. The van der Waals surface area contributed by atoms with E-state index >= 15 is 0 Å². The van der Waals surface area contributed by atoms with Crippen molar-refractivity contribution in [2.24, 2.45) is 0 Å². The topological polar surface area (TPSA) is 34.1 Å². The fraction of sp³-hybridized carbons (Fsp3) is 0.500. The summed E-state index contributed by atoms with van der Waals surface area (Å²) >= 11 is 0. The Morgan fingerprint density at radius 2 is 1.82 bits per heavy atom. The molecule has 0 aromatic heterocycles. The lowest BCUT2D eigenvalue weighted by Gasteiger charge is -2.22. The lowest BCUT2D eigenvalue weighted by Crippen LogP contribution is -2.07. The monoisotopic (exact) mass is 276 g/mol. The second-order valence-corrected chi connectivity index (χ2v) is 7.02. The maximum absolute atomic E-state index is 13.8. The Balaban J connectivity index is 2.31. The van der Waals surface area contributed by atoms with E-state index in [2.05, 4.69) is 0 Å². The van der Waals surface area contributed by atoms with Crippen LogP contribution in [0.3, 0.4) is 0 Å². The van der Waals surface area contributed by atoms with Crippen LogP contribution in [-0.4, -0.2) is 8.42 Å². The summed E-state index contributed by atoms with van der Waals surface area (Å²) in [5.74, 6) is -0.241. The first-order chi connectivity index (χ1) is 7.98. The number of rotatable bonds is 2. The van der Waals surface area contributed by atoms with Gasteiger partial charge in [-0.1, -0.05) is 25.3 Å². The Morgan fingerprint density at radius 1 is 1.18 bits per heavy atom. The van der Waals surface area contributed by atoms with Gasteiger partial charge >= 0.3 is 0 Å². The van der Waals surface area contributed by atoms with Crippen molar-refractivity contribution in [3.63, 3.8) is 0 Å². The lowest BCUT2D eigenvalue weighted by molar-refractivity contribution is 0.429. The summed E-state index contributed by atoms with van der Waals surface area (Å²) in [5.41, 5.74) is 0.619. The molecule has 0 bridgehead atoms. The summed E-state index contributed by atoms with van der Waals surface area (Å²) < 4.78 is 36.0. The highest BCUT2D eigenvalue weighted by atomic mass is 35.7. The lowest BCUT2D eigenvalue weighted by atomic mass is 9.84. The molecule has 1 aromatic carbocycles. The molecule has 5 heteroatoms. The first-order valence-electron chi connectivity index (χ1n) is 5.72. The smallest absolute Gasteiger partial charge is 0.207 e. The molecule has 0 heterocycles. The van der Waals surface area contributed by atoms with Gasteiger partial charge in [-0.2, -0.15) is 0 Å². The van der Waals surface area contributed by atoms with Gasteiger partial charge in [-0.3, -0.25) is 0 Å². The van der Waals surface area contributed by atoms with Gasteiger partial charge in [0, 0.05) is 10.7 Å². The largest absolute Gasteiger partial charge is 0.261 e. The third kappa shape index (κ3) is 2.99. The van der Waals surface area contributed by atoms with Crippen molar-refractivity contribution in [3.05, 3.63) is 29.6 Å². The number of hydrogen-bond acceptors (Lipinski definition) is 2. The number of halogens is 2. The molecule has 1 aliphatic rings. The van der Waals surface area contributed by atoms with Crippen LogP contribution in [0.1, 0.15) is 43.6 Å². The molecule has 17 heavy (non-hydrogen) atoms. The summed E-state index contributed by atoms with van der Waals surface area (Å²) in [6, 6.07) is 3.96. The van der Waals surface area contributed by atoms with Crippen molar-refractivity contribution in [2.75, 3.05) is 0 Å². The Bertz CT molecular complexity index is 507. The summed E-state index contributed by atoms with van der Waals surface area (Å²) in [4.78, 5) is -0.170. The Labute approximate surface area is 105 Å². The van der Waals surface area contributed by atoms with Crippen LogP contribution in [0, 0.1) is 5.82 Å². The first kappa shape index (κ1) is 12.8. The van der Waals surface area contributed by atoms with E-state index in [0.29, 0.717) is 5.56 Å². The highest BCUT2D eigenvalue weighted by molar-refractivity contribution is 8.13. The summed E-state index contributed by atoms with van der Waals surface area (Å²) in [6.07, 6.45) is 5.37. The molecule has 0 unspecified atom stereocenters. The zero-order chi connectivity index (χ0) is 12.5. The molecule has 0 N–H and O–H groups in total. The summed E-state index contributed by atoms with van der Waals surface area (Å²) in [5, 5.41) is 0. The van der Waals surface area contributed by atoms with Crippen LogP contribution in [0.4, 0.5) is 4.39 Å². The van der Waals surface area contributed by atoms with E-state index in [1.807, 2.05) is 0 Å². The molecule has 0 aliphatic heterocycles. The van der Waals surface area contributed by atoms with E-state index < -0.39 is 14.9 Å². The average molecular weight is 277 g/mol. The second kappa shape index (κ2) is 4.94. The van der Waals surface area contributed by atoms with Crippen molar-refractivity contribution in [3.8, 4) is 0 Å². The van der Waals surface area contributed by atoms with Crippen LogP contribution in [0.15, 0.2) is 23.1 Å². The van der Waals surface area contributed by atoms with Gasteiger partial charge in [0.2, 0.25) is 0 Å². The maximum atomic E-state index is 13.8. The fourth-order valence-corrected chi connectivity index (χ4v) is 3.17. The second-order valence-electron chi connectivity index (χ2n) is 4.46. The SMILES string of the molecule is O=S(=O)(Cl)c1ccc(C2CCCCC2)c(F)c1. The molecule has 1 fully saturated rings. The van der Waals surface area contributed by atoms with E-state index in [1.165, 1.54) is 12.5 Å². The minimum absolute atomic E-state index is 0.170. The molecule has 1 aliphatic carbocycles. The molecular weight excluding hydrogens is 263 g/mol. The van der Waals surface area contributed by atoms with Gasteiger partial charge < -0.3 is 0 Å². The van der Waals surface area contributed by atoms with Crippen LogP contribution in [0.25, 0.3) is 0 Å². The third-order valence-electron chi connectivity index (χ3n) is 3.30. The third-order valence-corrected chi connectivity index (χ3v) is 4.65. The molecule has 0 radical (unpaired) electrons. The van der Waals surface area contributed by atoms with E-state index in [9.17, 15) is 12.8 Å². The molecule has 94 valence electrons. The van der Waals surface area contributed by atoms with E-state index in [-0.39, 0.29) is 10.8 Å². The molecule has 2 rings (SSSR count). The van der Waals surface area contributed by atoms with Gasteiger partial charge in [-0.15, -0.1) is 0 Å². The fourth-order valence-electron chi connectivity index (χ4n) is 2.40. The van der Waals surface area contributed by atoms with E-state index in [0.717, 1.165) is 31.7 Å². The zero-order valence-electron chi connectivity index (χ0n) is 9.33. The van der Waals surface area contributed by atoms with Crippen molar-refractivity contribution in [1.82, 2.24) is 0 Å². The van der Waals surface area contributed by atoms with Crippen LogP contribution in [-0.2, 0) is 9.05 Å². The first-order valence-corrected chi connectivity index (χ1v) is 8.03. The summed E-state index contributed by atoms with van der Waals surface area (Å²) in [7, 11) is 1.33. The highest BCUT2D eigenvalue weighted by Gasteiger charge is 2.20. The van der Waals surface area contributed by atoms with Gasteiger partial charge in [0.1, 0.15) is 5.82 Å². The highest BCUT2D eigenvalue weighted by Crippen LogP contribution is 2.34. The average Bonchev–Trinajstić information content (AvgIpc) is 2.29. The van der Waals surface area contributed by atoms with Gasteiger partial charge in [0.05, 0.1) is 4.90 Å². The predicted molar refractivity (Wildman–Crippen MR) is 65.3 cm³/mol. The number of hydrogen-bond donors (Lipinski definition) is 0. The van der Waals surface area contributed by atoms with Crippen molar-refractivity contribution < 1.29 is 12.8 Å². The molecular formula is C12H14ClFO2S. The van der Waals surface area contributed by atoms with Gasteiger partial charge in [0.25, 0.3) is 9.05 Å². The zero-order valence-corrected chi connectivity index (χ0v) is 10.9. The van der Waals surface area contributed by atoms with Gasteiger partial charge in [-0.25, -0.2) is 12.8 Å². The molecule has 0 spiro atoms. The molecule has 0 saturated heterocycles. The minimum atomic E-state index is -3.84. The summed E-state index contributed by atoms with van der Waals surface area (Å²) in [6.45, 7) is 0.